The van der Waals surface area contributed by atoms with E-state index >= 15 is 0 Å². The number of H-pyrrole nitrogens is 1. The summed E-state index contributed by atoms with van der Waals surface area (Å²) in [7, 11) is 0. The number of fused-ring (bicyclic) bond motifs is 1. The SMILES string of the molecule is Cc1c(-c2nc(C3CCOCC3)no2)[nH]c2c(Cl)cccc12. The largest absolute Gasteiger partial charge is 0.381 e. The number of aromatic amines is 1. The molecule has 0 unspecified atom stereocenters. The van der Waals surface area contributed by atoms with Crippen molar-refractivity contribution in [2.24, 2.45) is 0 Å². The van der Waals surface area contributed by atoms with Crippen LogP contribution in [-0.4, -0.2) is 28.3 Å². The molecule has 6 heteroatoms. The molecule has 3 aromatic rings. The molecule has 1 fully saturated rings. The van der Waals surface area contributed by atoms with E-state index in [4.69, 9.17) is 20.9 Å². The molecule has 22 heavy (non-hydrogen) atoms. The van der Waals surface area contributed by atoms with Gasteiger partial charge in [-0.2, -0.15) is 4.98 Å². The van der Waals surface area contributed by atoms with Crippen molar-refractivity contribution < 1.29 is 9.26 Å². The van der Waals surface area contributed by atoms with E-state index in [1.807, 2.05) is 25.1 Å². The first kappa shape index (κ1) is 13.8. The molecular weight excluding hydrogens is 302 g/mol. The van der Waals surface area contributed by atoms with E-state index < -0.39 is 0 Å². The number of nitrogens with zero attached hydrogens (tertiary/aromatic N) is 2. The van der Waals surface area contributed by atoms with E-state index in [2.05, 4.69) is 15.1 Å². The van der Waals surface area contributed by atoms with Crippen LogP contribution < -0.4 is 0 Å². The fraction of sp³-hybridized carbons (Fsp3) is 0.375. The van der Waals surface area contributed by atoms with Gasteiger partial charge < -0.3 is 14.2 Å². The molecule has 0 atom stereocenters. The average Bonchev–Trinajstić information content (AvgIpc) is 3.15. The van der Waals surface area contributed by atoms with Crippen molar-refractivity contribution in [3.05, 3.63) is 34.6 Å². The molecule has 1 aromatic carbocycles. The van der Waals surface area contributed by atoms with Crippen molar-refractivity contribution in [3.8, 4) is 11.6 Å². The van der Waals surface area contributed by atoms with Crippen molar-refractivity contribution in [1.29, 1.82) is 0 Å². The highest BCUT2D eigenvalue weighted by Crippen LogP contribution is 2.33. The number of aromatic nitrogens is 3. The highest BCUT2D eigenvalue weighted by Gasteiger charge is 2.23. The van der Waals surface area contributed by atoms with Crippen LogP contribution in [0.5, 0.6) is 0 Å². The number of benzene rings is 1. The molecule has 1 aliphatic rings. The second-order valence-electron chi connectivity index (χ2n) is 5.63. The molecule has 4 rings (SSSR count). The van der Waals surface area contributed by atoms with Crippen LogP contribution in [0.1, 0.15) is 30.1 Å². The summed E-state index contributed by atoms with van der Waals surface area (Å²) in [4.78, 5) is 7.89. The van der Waals surface area contributed by atoms with Gasteiger partial charge >= 0.3 is 0 Å². The Labute approximate surface area is 132 Å². The van der Waals surface area contributed by atoms with Crippen LogP contribution in [-0.2, 0) is 4.74 Å². The van der Waals surface area contributed by atoms with Crippen molar-refractivity contribution >= 4 is 22.5 Å². The van der Waals surface area contributed by atoms with Gasteiger partial charge in [0.05, 0.1) is 10.5 Å². The van der Waals surface area contributed by atoms with E-state index in [9.17, 15) is 0 Å². The molecule has 2 aromatic heterocycles. The number of halogens is 1. The Morgan fingerprint density at radius 3 is 2.86 bits per heavy atom. The smallest absolute Gasteiger partial charge is 0.274 e. The minimum Gasteiger partial charge on any atom is -0.381 e. The Hall–Kier alpha value is -1.85. The van der Waals surface area contributed by atoms with Crippen LogP contribution in [0.4, 0.5) is 0 Å². The van der Waals surface area contributed by atoms with Gasteiger partial charge in [-0.15, -0.1) is 0 Å². The Balaban J connectivity index is 1.74. The van der Waals surface area contributed by atoms with Crippen LogP contribution in [0, 0.1) is 6.92 Å². The van der Waals surface area contributed by atoms with Crippen molar-refractivity contribution in [3.63, 3.8) is 0 Å². The zero-order chi connectivity index (χ0) is 15.1. The van der Waals surface area contributed by atoms with Crippen LogP contribution in [0.2, 0.25) is 5.02 Å². The lowest BCUT2D eigenvalue weighted by atomic mass is 10.00. The van der Waals surface area contributed by atoms with Crippen LogP contribution in [0.15, 0.2) is 22.7 Å². The van der Waals surface area contributed by atoms with Gasteiger partial charge in [0.1, 0.15) is 5.69 Å². The zero-order valence-corrected chi connectivity index (χ0v) is 13.0. The Morgan fingerprint density at radius 1 is 1.27 bits per heavy atom. The first-order valence-corrected chi connectivity index (χ1v) is 7.80. The predicted octanol–water partition coefficient (Wildman–Crippen LogP) is 4.07. The number of para-hydroxylation sites is 1. The Bertz CT molecular complexity index is 818. The van der Waals surface area contributed by atoms with Gasteiger partial charge in [-0.25, -0.2) is 0 Å². The number of hydrogen-bond donors (Lipinski definition) is 1. The lowest BCUT2D eigenvalue weighted by molar-refractivity contribution is 0.0830. The summed E-state index contributed by atoms with van der Waals surface area (Å²) >= 11 is 6.24. The van der Waals surface area contributed by atoms with Gasteiger partial charge in [0.2, 0.25) is 0 Å². The van der Waals surface area contributed by atoms with Crippen LogP contribution in [0.25, 0.3) is 22.5 Å². The fourth-order valence-corrected chi connectivity index (χ4v) is 3.21. The number of rotatable bonds is 2. The van der Waals surface area contributed by atoms with Gasteiger partial charge in [-0.05, 0) is 31.4 Å². The van der Waals surface area contributed by atoms with Gasteiger partial charge in [0, 0.05) is 24.5 Å². The number of aryl methyl sites for hydroxylation is 1. The lowest BCUT2D eigenvalue weighted by Gasteiger charge is -2.18. The van der Waals surface area contributed by atoms with Gasteiger partial charge in [0.15, 0.2) is 5.82 Å². The summed E-state index contributed by atoms with van der Waals surface area (Å²) in [6.45, 7) is 3.55. The standard InChI is InChI=1S/C16H16ClN3O2/c1-9-11-3-2-4-12(17)14(11)18-13(9)16-19-15(20-22-16)10-5-7-21-8-6-10/h2-4,10,18H,5-8H2,1H3. The molecule has 0 aliphatic carbocycles. The molecule has 1 aliphatic heterocycles. The van der Waals surface area contributed by atoms with E-state index in [0.29, 0.717) is 16.8 Å². The molecule has 0 amide bonds. The van der Waals surface area contributed by atoms with E-state index in [1.54, 1.807) is 0 Å². The van der Waals surface area contributed by atoms with Crippen LogP contribution in [0.3, 0.4) is 0 Å². The third-order valence-electron chi connectivity index (χ3n) is 4.28. The molecule has 0 saturated carbocycles. The summed E-state index contributed by atoms with van der Waals surface area (Å²) in [5.74, 6) is 1.60. The summed E-state index contributed by atoms with van der Waals surface area (Å²) in [5, 5.41) is 5.92. The van der Waals surface area contributed by atoms with Crippen molar-refractivity contribution in [1.82, 2.24) is 15.1 Å². The van der Waals surface area contributed by atoms with E-state index in [0.717, 1.165) is 54.0 Å². The van der Waals surface area contributed by atoms with Gasteiger partial charge in [-0.1, -0.05) is 28.9 Å². The summed E-state index contributed by atoms with van der Waals surface area (Å²) in [6.07, 6.45) is 1.88. The molecule has 3 heterocycles. The maximum Gasteiger partial charge on any atom is 0.274 e. The molecule has 1 N–H and O–H groups in total. The summed E-state index contributed by atoms with van der Waals surface area (Å²) in [6, 6.07) is 5.84. The maximum absolute atomic E-state index is 6.24. The average molecular weight is 318 g/mol. The highest BCUT2D eigenvalue weighted by molar-refractivity contribution is 6.35. The molecule has 1 saturated heterocycles. The minimum absolute atomic E-state index is 0.319. The van der Waals surface area contributed by atoms with Gasteiger partial charge in [0.25, 0.3) is 5.89 Å². The third kappa shape index (κ3) is 2.21. The molecule has 114 valence electrons. The quantitative estimate of drug-likeness (QED) is 0.773. The van der Waals surface area contributed by atoms with E-state index in [1.165, 1.54) is 0 Å². The number of nitrogens with one attached hydrogen (secondary N) is 1. The fourth-order valence-electron chi connectivity index (χ4n) is 2.99. The van der Waals surface area contributed by atoms with Crippen LogP contribution >= 0.6 is 11.6 Å². The molecule has 0 spiro atoms. The molecule has 0 radical (unpaired) electrons. The van der Waals surface area contributed by atoms with Gasteiger partial charge in [-0.3, -0.25) is 0 Å². The first-order chi connectivity index (χ1) is 10.7. The first-order valence-electron chi connectivity index (χ1n) is 7.42. The Morgan fingerprint density at radius 2 is 2.09 bits per heavy atom. The number of hydrogen-bond acceptors (Lipinski definition) is 4. The second-order valence-corrected chi connectivity index (χ2v) is 6.04. The molecule has 5 nitrogen and oxygen atoms in total. The predicted molar refractivity (Wildman–Crippen MR) is 84.1 cm³/mol. The maximum atomic E-state index is 6.24. The number of ether oxygens (including phenoxy) is 1. The third-order valence-corrected chi connectivity index (χ3v) is 4.60. The Kier molecular flexibility index (Phi) is 3.39. The second kappa shape index (κ2) is 5.41. The normalized spacial score (nSPS) is 16.5. The topological polar surface area (TPSA) is 63.9 Å². The summed E-state index contributed by atoms with van der Waals surface area (Å²) in [5.41, 5.74) is 2.82. The summed E-state index contributed by atoms with van der Waals surface area (Å²) < 4.78 is 10.9. The minimum atomic E-state index is 0.319. The lowest BCUT2D eigenvalue weighted by Crippen LogP contribution is -2.15. The monoisotopic (exact) mass is 317 g/mol. The van der Waals surface area contributed by atoms with Crippen molar-refractivity contribution in [2.45, 2.75) is 25.7 Å². The zero-order valence-electron chi connectivity index (χ0n) is 12.2. The van der Waals surface area contributed by atoms with E-state index in [-0.39, 0.29) is 0 Å². The van der Waals surface area contributed by atoms with Crippen molar-refractivity contribution in [2.75, 3.05) is 13.2 Å². The molecule has 0 bridgehead atoms. The highest BCUT2D eigenvalue weighted by atomic mass is 35.5. The molecular formula is C16H16ClN3O2.